The summed E-state index contributed by atoms with van der Waals surface area (Å²) in [4.78, 5) is 14.4. The first-order valence-corrected chi connectivity index (χ1v) is 7.12. The van der Waals surface area contributed by atoms with Gasteiger partial charge in [-0.3, -0.25) is 9.69 Å². The minimum absolute atomic E-state index is 0.154. The van der Waals surface area contributed by atoms with Gasteiger partial charge in [0.25, 0.3) is 5.91 Å². The highest BCUT2D eigenvalue weighted by atomic mass is 35.5. The smallest absolute Gasteiger partial charge is 0.262 e. The van der Waals surface area contributed by atoms with Gasteiger partial charge in [-0.2, -0.15) is 0 Å². The Balaban J connectivity index is 2.13. The molecule has 3 rings (SSSR count). The number of alkyl halides is 1. The molecule has 2 aromatic rings. The summed E-state index contributed by atoms with van der Waals surface area (Å²) in [6, 6.07) is 13.1. The molecular weight excluding hydrogens is 291 g/mol. The molecule has 1 N–H and O–H groups in total. The van der Waals surface area contributed by atoms with Crippen LogP contribution in [0, 0.1) is 5.82 Å². The fraction of sp³-hybridized carbons (Fsp3) is 0.188. The van der Waals surface area contributed by atoms with E-state index in [4.69, 9.17) is 11.6 Å². The average molecular weight is 305 g/mol. The normalized spacial score (nSPS) is 20.9. The van der Waals surface area contributed by atoms with Crippen LogP contribution >= 0.6 is 11.6 Å². The number of anilines is 2. The summed E-state index contributed by atoms with van der Waals surface area (Å²) in [5.41, 5.74) is 1.16. The minimum Gasteiger partial charge on any atom is -0.361 e. The zero-order valence-electron chi connectivity index (χ0n) is 11.4. The van der Waals surface area contributed by atoms with Crippen molar-refractivity contribution in [3.8, 4) is 0 Å². The zero-order chi connectivity index (χ0) is 15.0. The van der Waals surface area contributed by atoms with Gasteiger partial charge >= 0.3 is 0 Å². The first kappa shape index (κ1) is 13.9. The molecule has 5 heteroatoms. The molecule has 1 atom stereocenters. The van der Waals surface area contributed by atoms with Crippen LogP contribution in [-0.4, -0.2) is 17.5 Å². The van der Waals surface area contributed by atoms with E-state index >= 15 is 0 Å². The molecule has 0 aliphatic carbocycles. The van der Waals surface area contributed by atoms with Crippen LogP contribution in [0.25, 0.3) is 0 Å². The van der Waals surface area contributed by atoms with Crippen LogP contribution in [0.1, 0.15) is 17.3 Å². The molecule has 1 aliphatic heterocycles. The molecule has 1 aliphatic rings. The Morgan fingerprint density at radius 3 is 2.52 bits per heavy atom. The molecule has 0 spiro atoms. The van der Waals surface area contributed by atoms with Crippen molar-refractivity contribution < 1.29 is 9.18 Å². The highest BCUT2D eigenvalue weighted by Crippen LogP contribution is 2.35. The number of hydrogen-bond acceptors (Lipinski definition) is 2. The average Bonchev–Trinajstić information content (AvgIpc) is 2.49. The van der Waals surface area contributed by atoms with E-state index in [0.29, 0.717) is 11.3 Å². The topological polar surface area (TPSA) is 32.3 Å². The lowest BCUT2D eigenvalue weighted by atomic mass is 10.0. The molecule has 21 heavy (non-hydrogen) atoms. The standard InChI is InChI=1S/C16H14ClFN2O/c1-16(10-17)19-14-5-3-2-4-13(14)15(21)20(16)12-8-6-11(18)7-9-12/h2-9,19H,10H2,1H3. The molecular formula is C16H14ClFN2O. The Kier molecular flexibility index (Phi) is 3.33. The number of carbonyl (C=O) groups is 1. The largest absolute Gasteiger partial charge is 0.361 e. The predicted molar refractivity (Wildman–Crippen MR) is 82.4 cm³/mol. The molecule has 0 saturated carbocycles. The van der Waals surface area contributed by atoms with E-state index in [0.717, 1.165) is 5.69 Å². The lowest BCUT2D eigenvalue weighted by molar-refractivity contribution is 0.0962. The van der Waals surface area contributed by atoms with Crippen LogP contribution in [-0.2, 0) is 0 Å². The molecule has 0 bridgehead atoms. The van der Waals surface area contributed by atoms with Crippen LogP contribution < -0.4 is 10.2 Å². The summed E-state index contributed by atoms with van der Waals surface area (Å²) in [7, 11) is 0. The summed E-state index contributed by atoms with van der Waals surface area (Å²) in [5.74, 6) is -0.298. The predicted octanol–water partition coefficient (Wildman–Crippen LogP) is 3.85. The molecule has 1 heterocycles. The van der Waals surface area contributed by atoms with E-state index in [1.54, 1.807) is 23.1 Å². The second kappa shape index (κ2) is 5.04. The third-order valence-corrected chi connectivity index (χ3v) is 4.12. The summed E-state index contributed by atoms with van der Waals surface area (Å²) >= 11 is 6.10. The van der Waals surface area contributed by atoms with Crippen LogP contribution in [0.3, 0.4) is 0 Å². The molecule has 2 aromatic carbocycles. The van der Waals surface area contributed by atoms with Crippen LogP contribution in [0.5, 0.6) is 0 Å². The van der Waals surface area contributed by atoms with Gasteiger partial charge < -0.3 is 5.32 Å². The van der Waals surface area contributed by atoms with E-state index in [9.17, 15) is 9.18 Å². The number of nitrogens with one attached hydrogen (secondary N) is 1. The van der Waals surface area contributed by atoms with Gasteiger partial charge in [0.1, 0.15) is 11.5 Å². The number of nitrogens with zero attached hydrogens (tertiary/aromatic N) is 1. The van der Waals surface area contributed by atoms with Gasteiger partial charge in [0.2, 0.25) is 0 Å². The number of benzene rings is 2. The summed E-state index contributed by atoms with van der Waals surface area (Å²) < 4.78 is 13.1. The summed E-state index contributed by atoms with van der Waals surface area (Å²) in [6.45, 7) is 1.84. The van der Waals surface area contributed by atoms with Crippen LogP contribution in [0.15, 0.2) is 48.5 Å². The van der Waals surface area contributed by atoms with Gasteiger partial charge in [0.05, 0.1) is 11.4 Å². The zero-order valence-corrected chi connectivity index (χ0v) is 12.2. The maximum absolute atomic E-state index is 13.1. The van der Waals surface area contributed by atoms with E-state index in [2.05, 4.69) is 5.32 Å². The maximum atomic E-state index is 13.1. The van der Waals surface area contributed by atoms with E-state index in [-0.39, 0.29) is 17.6 Å². The van der Waals surface area contributed by atoms with Gasteiger partial charge in [0.15, 0.2) is 0 Å². The highest BCUT2D eigenvalue weighted by Gasteiger charge is 2.41. The lowest BCUT2D eigenvalue weighted by Gasteiger charge is -2.45. The number of amides is 1. The van der Waals surface area contributed by atoms with E-state index in [1.807, 2.05) is 25.1 Å². The second-order valence-electron chi connectivity index (χ2n) is 5.20. The van der Waals surface area contributed by atoms with Crippen molar-refractivity contribution in [3.05, 3.63) is 59.9 Å². The maximum Gasteiger partial charge on any atom is 0.262 e. The number of carbonyl (C=O) groups excluding carboxylic acids is 1. The molecule has 3 nitrogen and oxygen atoms in total. The van der Waals surface area contributed by atoms with E-state index in [1.165, 1.54) is 12.1 Å². The Labute approximate surface area is 127 Å². The third kappa shape index (κ3) is 2.25. The third-order valence-electron chi connectivity index (χ3n) is 3.60. The first-order valence-electron chi connectivity index (χ1n) is 6.58. The van der Waals surface area contributed by atoms with Crippen LogP contribution in [0.2, 0.25) is 0 Å². The van der Waals surface area contributed by atoms with E-state index < -0.39 is 5.66 Å². The summed E-state index contributed by atoms with van der Waals surface area (Å²) in [5, 5.41) is 3.30. The fourth-order valence-corrected chi connectivity index (χ4v) is 2.74. The molecule has 1 unspecified atom stereocenters. The molecule has 0 radical (unpaired) electrons. The number of rotatable bonds is 2. The Morgan fingerprint density at radius 2 is 1.86 bits per heavy atom. The lowest BCUT2D eigenvalue weighted by Crippen LogP contribution is -2.60. The van der Waals surface area contributed by atoms with Gasteiger partial charge in [-0.15, -0.1) is 11.6 Å². The van der Waals surface area contributed by atoms with Gasteiger partial charge in [0, 0.05) is 11.4 Å². The molecule has 1 amide bonds. The van der Waals surface area contributed by atoms with Gasteiger partial charge in [-0.25, -0.2) is 4.39 Å². The number of hydrogen-bond donors (Lipinski definition) is 1. The fourth-order valence-electron chi connectivity index (χ4n) is 2.55. The Hall–Kier alpha value is -2.07. The van der Waals surface area contributed by atoms with Gasteiger partial charge in [-0.05, 0) is 43.3 Å². The molecule has 108 valence electrons. The number of para-hydroxylation sites is 1. The Morgan fingerprint density at radius 1 is 1.19 bits per heavy atom. The Bertz CT molecular complexity index is 689. The molecule has 0 fully saturated rings. The second-order valence-corrected chi connectivity index (χ2v) is 5.46. The molecule has 0 aromatic heterocycles. The van der Waals surface area contributed by atoms with Crippen molar-refractivity contribution in [2.45, 2.75) is 12.6 Å². The van der Waals surface area contributed by atoms with Crippen molar-refractivity contribution in [3.63, 3.8) is 0 Å². The SMILES string of the molecule is CC1(CCl)Nc2ccccc2C(=O)N1c1ccc(F)cc1. The quantitative estimate of drug-likeness (QED) is 0.855. The van der Waals surface area contributed by atoms with Gasteiger partial charge in [-0.1, -0.05) is 12.1 Å². The van der Waals surface area contributed by atoms with Crippen molar-refractivity contribution in [1.82, 2.24) is 0 Å². The monoisotopic (exact) mass is 304 g/mol. The van der Waals surface area contributed by atoms with Crippen molar-refractivity contribution in [1.29, 1.82) is 0 Å². The number of fused-ring (bicyclic) bond motifs is 1. The van der Waals surface area contributed by atoms with Crippen molar-refractivity contribution in [2.75, 3.05) is 16.1 Å². The molecule has 0 saturated heterocycles. The number of halogens is 2. The minimum atomic E-state index is -0.773. The van der Waals surface area contributed by atoms with Crippen molar-refractivity contribution >= 4 is 28.9 Å². The van der Waals surface area contributed by atoms with Crippen LogP contribution in [0.4, 0.5) is 15.8 Å². The van der Waals surface area contributed by atoms with Crippen molar-refractivity contribution in [2.24, 2.45) is 0 Å². The highest BCUT2D eigenvalue weighted by molar-refractivity contribution is 6.21. The summed E-state index contributed by atoms with van der Waals surface area (Å²) in [6.07, 6.45) is 0. The first-order chi connectivity index (χ1) is 10.0.